The topological polar surface area (TPSA) is 195 Å². The minimum atomic E-state index is -4.24. The van der Waals surface area contributed by atoms with E-state index in [1.165, 1.54) is 17.2 Å². The minimum absolute atomic E-state index is 0.196. The molecule has 0 aliphatic carbocycles. The van der Waals surface area contributed by atoms with Gasteiger partial charge in [0, 0.05) is 0 Å². The number of aliphatic hydroxyl groups is 3. The van der Waals surface area contributed by atoms with Crippen molar-refractivity contribution in [1.29, 1.82) is 0 Å². The lowest BCUT2D eigenvalue weighted by Gasteiger charge is -2.18. The third kappa shape index (κ3) is 4.56. The highest BCUT2D eigenvalue weighted by atomic mass is 32.2. The van der Waals surface area contributed by atoms with E-state index in [0.29, 0.717) is 11.3 Å². The van der Waals surface area contributed by atoms with Crippen molar-refractivity contribution in [2.75, 3.05) is 18.5 Å². The summed E-state index contributed by atoms with van der Waals surface area (Å²) in [7, 11) is -4.24. The summed E-state index contributed by atoms with van der Waals surface area (Å²) < 4.78 is 33.5. The molecule has 0 saturated carbocycles. The van der Waals surface area contributed by atoms with Gasteiger partial charge in [-0.05, 0) is 5.56 Å². The number of nitrogens with one attached hydrogen (secondary N) is 1. The first-order valence-electron chi connectivity index (χ1n) is 9.57. The zero-order valence-electron chi connectivity index (χ0n) is 16.6. The van der Waals surface area contributed by atoms with Gasteiger partial charge in [-0.1, -0.05) is 30.3 Å². The van der Waals surface area contributed by atoms with Crippen LogP contribution >= 0.6 is 0 Å². The van der Waals surface area contributed by atoms with Gasteiger partial charge in [-0.3, -0.25) is 8.75 Å². The fourth-order valence-corrected chi connectivity index (χ4v) is 3.81. The van der Waals surface area contributed by atoms with Crippen LogP contribution in [0.3, 0.4) is 0 Å². The van der Waals surface area contributed by atoms with Gasteiger partial charge in [0.1, 0.15) is 24.6 Å². The van der Waals surface area contributed by atoms with E-state index in [1.54, 1.807) is 0 Å². The summed E-state index contributed by atoms with van der Waals surface area (Å²) in [5, 5.41) is 38.4. The van der Waals surface area contributed by atoms with Crippen molar-refractivity contribution in [2.24, 2.45) is 5.14 Å². The Labute approximate surface area is 182 Å². The number of nitrogens with zero attached hydrogens (tertiary/aromatic N) is 4. The number of hydrogen-bond acceptors (Lipinski definition) is 11. The summed E-state index contributed by atoms with van der Waals surface area (Å²) in [5.74, 6) is 0.346. The average molecular weight is 466 g/mol. The zero-order valence-corrected chi connectivity index (χ0v) is 17.4. The molecule has 1 fully saturated rings. The first-order valence-corrected chi connectivity index (χ1v) is 11.0. The lowest BCUT2D eigenvalue weighted by atomic mass is 10.1. The molecule has 3 heterocycles. The average Bonchev–Trinajstić information content (AvgIpc) is 3.32. The number of nitrogens with two attached hydrogens (primary N) is 1. The second-order valence-electron chi connectivity index (χ2n) is 7.16. The Bertz CT molecular complexity index is 1180. The third-order valence-corrected chi connectivity index (χ3v) is 5.53. The standard InChI is InChI=1S/C18H22N6O7S/c19-32(28,29)30-7-12-14(26)15(27)18(31-12)24-9-22-13-16(20-8-21-17(13)24)23-11(6-25)10-4-2-1-3-5-10/h1-5,8-9,11-12,14-15,18,25-27H,6-7H2,(H2,19,28,29)(H,20,21,23)/t11-,12-,14-,15-,18-/m1/s1. The number of aromatic nitrogens is 4. The van der Waals surface area contributed by atoms with E-state index in [0.717, 1.165) is 5.56 Å². The minimum Gasteiger partial charge on any atom is -0.394 e. The first kappa shape index (κ1) is 22.5. The molecule has 6 N–H and O–H groups in total. The van der Waals surface area contributed by atoms with E-state index in [2.05, 4.69) is 24.5 Å². The highest BCUT2D eigenvalue weighted by molar-refractivity contribution is 7.84. The lowest BCUT2D eigenvalue weighted by Crippen LogP contribution is -2.35. The SMILES string of the molecule is NS(=O)(=O)OC[C@H]1O[C@@H](n2cnc3c(N[C@H](CO)c4ccccc4)ncnc32)[C@H](O)[C@@H]1O. The molecule has 1 aliphatic rings. The van der Waals surface area contributed by atoms with Crippen LogP contribution in [0.1, 0.15) is 17.8 Å². The van der Waals surface area contributed by atoms with Crippen LogP contribution in [0.5, 0.6) is 0 Å². The summed E-state index contributed by atoms with van der Waals surface area (Å²) in [6.45, 7) is -0.768. The molecule has 2 aromatic heterocycles. The van der Waals surface area contributed by atoms with Crippen molar-refractivity contribution < 1.29 is 32.7 Å². The Balaban J connectivity index is 1.59. The largest absolute Gasteiger partial charge is 0.394 e. The van der Waals surface area contributed by atoms with Crippen LogP contribution < -0.4 is 10.5 Å². The van der Waals surface area contributed by atoms with Crippen molar-refractivity contribution >= 4 is 27.3 Å². The zero-order chi connectivity index (χ0) is 22.9. The maximum Gasteiger partial charge on any atom is 0.333 e. The Morgan fingerprint density at radius 2 is 1.94 bits per heavy atom. The van der Waals surface area contributed by atoms with Gasteiger partial charge >= 0.3 is 10.3 Å². The number of imidazole rings is 1. The predicted octanol–water partition coefficient (Wildman–Crippen LogP) is -1.19. The maximum atomic E-state index is 11.0. The summed E-state index contributed by atoms with van der Waals surface area (Å²) in [6.07, 6.45) is -2.49. The van der Waals surface area contributed by atoms with Crippen molar-refractivity contribution in [3.8, 4) is 0 Å². The molecule has 172 valence electrons. The number of benzene rings is 1. The first-order chi connectivity index (χ1) is 15.3. The van der Waals surface area contributed by atoms with Crippen LogP contribution in [-0.4, -0.2) is 74.8 Å². The highest BCUT2D eigenvalue weighted by Gasteiger charge is 2.45. The second kappa shape index (κ2) is 9.03. The molecular formula is C18H22N6O7S. The van der Waals surface area contributed by atoms with Gasteiger partial charge in [0.2, 0.25) is 0 Å². The molecule has 1 aliphatic heterocycles. The van der Waals surface area contributed by atoms with Crippen LogP contribution in [0.15, 0.2) is 43.0 Å². The van der Waals surface area contributed by atoms with Gasteiger partial charge in [0.25, 0.3) is 0 Å². The van der Waals surface area contributed by atoms with Crippen LogP contribution in [0.25, 0.3) is 11.2 Å². The van der Waals surface area contributed by atoms with Crippen molar-refractivity contribution in [3.63, 3.8) is 0 Å². The molecule has 1 saturated heterocycles. The Morgan fingerprint density at radius 1 is 1.19 bits per heavy atom. The van der Waals surface area contributed by atoms with Crippen LogP contribution in [0.4, 0.5) is 5.82 Å². The molecule has 13 nitrogen and oxygen atoms in total. The number of anilines is 1. The van der Waals surface area contributed by atoms with Gasteiger partial charge in [0.05, 0.1) is 25.6 Å². The summed E-state index contributed by atoms with van der Waals surface area (Å²) in [6, 6.07) is 8.84. The fraction of sp³-hybridized carbons (Fsp3) is 0.389. The molecule has 14 heteroatoms. The predicted molar refractivity (Wildman–Crippen MR) is 110 cm³/mol. The summed E-state index contributed by atoms with van der Waals surface area (Å²) in [5.41, 5.74) is 1.48. The Morgan fingerprint density at radius 3 is 2.62 bits per heavy atom. The van der Waals surface area contributed by atoms with E-state index >= 15 is 0 Å². The smallest absolute Gasteiger partial charge is 0.333 e. The number of fused-ring (bicyclic) bond motifs is 1. The number of aliphatic hydroxyl groups excluding tert-OH is 3. The normalized spacial score (nSPS) is 24.6. The highest BCUT2D eigenvalue weighted by Crippen LogP contribution is 2.33. The van der Waals surface area contributed by atoms with Gasteiger partial charge in [-0.15, -0.1) is 0 Å². The van der Waals surface area contributed by atoms with Crippen LogP contribution in [0, 0.1) is 0 Å². The Kier molecular flexibility index (Phi) is 6.34. The van der Waals surface area contributed by atoms with Gasteiger partial charge < -0.3 is 25.4 Å². The molecule has 3 aromatic rings. The van der Waals surface area contributed by atoms with E-state index < -0.39 is 47.5 Å². The van der Waals surface area contributed by atoms with E-state index in [1.807, 2.05) is 30.3 Å². The Hall–Kier alpha value is -2.72. The van der Waals surface area contributed by atoms with E-state index in [4.69, 9.17) is 9.88 Å². The molecule has 4 rings (SSSR count). The molecule has 0 radical (unpaired) electrons. The summed E-state index contributed by atoms with van der Waals surface area (Å²) in [4.78, 5) is 12.7. The molecule has 0 bridgehead atoms. The molecule has 32 heavy (non-hydrogen) atoms. The van der Waals surface area contributed by atoms with E-state index in [9.17, 15) is 23.7 Å². The van der Waals surface area contributed by atoms with Crippen molar-refractivity contribution in [1.82, 2.24) is 19.5 Å². The van der Waals surface area contributed by atoms with Crippen molar-refractivity contribution in [3.05, 3.63) is 48.5 Å². The maximum absolute atomic E-state index is 11.0. The van der Waals surface area contributed by atoms with E-state index in [-0.39, 0.29) is 12.3 Å². The van der Waals surface area contributed by atoms with Crippen molar-refractivity contribution in [2.45, 2.75) is 30.6 Å². The molecule has 0 spiro atoms. The van der Waals surface area contributed by atoms with Crippen LogP contribution in [-0.2, 0) is 19.2 Å². The van der Waals surface area contributed by atoms with Gasteiger partial charge in [0.15, 0.2) is 23.2 Å². The molecule has 5 atom stereocenters. The van der Waals surface area contributed by atoms with Crippen LogP contribution in [0.2, 0.25) is 0 Å². The monoisotopic (exact) mass is 466 g/mol. The molecule has 0 amide bonds. The lowest BCUT2D eigenvalue weighted by molar-refractivity contribution is -0.0467. The van der Waals surface area contributed by atoms with Gasteiger partial charge in [-0.25, -0.2) is 20.1 Å². The molecule has 1 aromatic carbocycles. The third-order valence-electron chi connectivity index (χ3n) is 5.06. The number of hydrogen-bond donors (Lipinski definition) is 5. The number of ether oxygens (including phenoxy) is 1. The van der Waals surface area contributed by atoms with Gasteiger partial charge in [-0.2, -0.15) is 8.42 Å². The second-order valence-corrected chi connectivity index (χ2v) is 8.38. The number of rotatable bonds is 8. The fourth-order valence-electron chi connectivity index (χ4n) is 3.49. The molecular weight excluding hydrogens is 444 g/mol. The molecule has 0 unspecified atom stereocenters. The summed E-state index contributed by atoms with van der Waals surface area (Å²) >= 11 is 0. The quantitative estimate of drug-likeness (QED) is 0.268.